The first-order valence-corrected chi connectivity index (χ1v) is 16.2. The maximum atomic E-state index is 16.0. The average molecular weight is 650 g/mol. The first-order chi connectivity index (χ1) is 20.9. The van der Waals surface area contributed by atoms with Gasteiger partial charge in [0.05, 0.1) is 29.8 Å². The summed E-state index contributed by atoms with van der Waals surface area (Å²) < 4.78 is 43.4. The van der Waals surface area contributed by atoms with Gasteiger partial charge in [-0.3, -0.25) is 4.79 Å². The molecule has 2 aliphatic heterocycles. The number of nitrogens with zero attached hydrogens (tertiary/aromatic N) is 1. The molecule has 0 bridgehead atoms. The van der Waals surface area contributed by atoms with Gasteiger partial charge in [0.15, 0.2) is 5.79 Å². The van der Waals surface area contributed by atoms with Gasteiger partial charge in [0.1, 0.15) is 22.8 Å². The maximum Gasteiger partial charge on any atom is 0.163 e. The van der Waals surface area contributed by atoms with Crippen LogP contribution >= 0.6 is 23.2 Å². The van der Waals surface area contributed by atoms with Crippen LogP contribution in [0.4, 0.5) is 8.78 Å². The molecule has 0 spiro atoms. The highest BCUT2D eigenvalue weighted by Gasteiger charge is 2.61. The fraction of sp³-hybridized carbons (Fsp3) is 0.588. The molecule has 2 N–H and O–H groups in total. The van der Waals surface area contributed by atoms with Crippen molar-refractivity contribution in [3.63, 3.8) is 0 Å². The zero-order valence-electron chi connectivity index (χ0n) is 25.2. The number of rotatable bonds is 10. The van der Waals surface area contributed by atoms with Gasteiger partial charge < -0.3 is 19.9 Å². The SMILES string of the molecule is CC1(C)OC[C@H](CCCC(=O)[C@@H]2N[C@@H](CC3(CO)CCCCC3)[C@](C#N)(c3ccc(Cl)cc3F)[C@H]2c2cccc(Cl)c2F)O1. The number of hydrogen-bond donors (Lipinski definition) is 2. The molecular weight excluding hydrogens is 609 g/mol. The number of ketones is 1. The van der Waals surface area contributed by atoms with Crippen LogP contribution in [0.1, 0.15) is 88.7 Å². The number of hydrogen-bond acceptors (Lipinski definition) is 6. The summed E-state index contributed by atoms with van der Waals surface area (Å²) >= 11 is 12.4. The summed E-state index contributed by atoms with van der Waals surface area (Å²) in [6.45, 7) is 4.00. The molecule has 238 valence electrons. The summed E-state index contributed by atoms with van der Waals surface area (Å²) in [5.74, 6) is -3.47. The minimum absolute atomic E-state index is 0.0317. The van der Waals surface area contributed by atoms with Gasteiger partial charge in [-0.25, -0.2) is 8.78 Å². The summed E-state index contributed by atoms with van der Waals surface area (Å²) in [7, 11) is 0. The number of Topliss-reactive ketones (excluding diaryl/α,β-unsaturated/α-hetero) is 1. The first kappa shape index (κ1) is 33.2. The highest BCUT2D eigenvalue weighted by atomic mass is 35.5. The van der Waals surface area contributed by atoms with Crippen LogP contribution in [0.15, 0.2) is 36.4 Å². The Morgan fingerprint density at radius 3 is 2.55 bits per heavy atom. The maximum absolute atomic E-state index is 16.0. The van der Waals surface area contributed by atoms with Crippen LogP contribution in [0.5, 0.6) is 0 Å². The van der Waals surface area contributed by atoms with Gasteiger partial charge in [0.2, 0.25) is 0 Å². The Morgan fingerprint density at radius 2 is 1.91 bits per heavy atom. The topological polar surface area (TPSA) is 91.6 Å². The predicted octanol–water partition coefficient (Wildman–Crippen LogP) is 7.38. The van der Waals surface area contributed by atoms with E-state index >= 15 is 8.78 Å². The Balaban J connectivity index is 1.59. The number of aliphatic hydroxyl groups excluding tert-OH is 1. The van der Waals surface area contributed by atoms with Crippen molar-refractivity contribution in [3.8, 4) is 6.07 Å². The molecule has 0 aromatic heterocycles. The summed E-state index contributed by atoms with van der Waals surface area (Å²) in [4.78, 5) is 14.1. The Morgan fingerprint density at radius 1 is 1.16 bits per heavy atom. The van der Waals surface area contributed by atoms with E-state index in [0.29, 0.717) is 25.9 Å². The van der Waals surface area contributed by atoms with E-state index in [0.717, 1.165) is 38.2 Å². The molecule has 2 aromatic rings. The van der Waals surface area contributed by atoms with Crippen molar-refractivity contribution in [1.29, 1.82) is 5.26 Å². The lowest BCUT2D eigenvalue weighted by Gasteiger charge is -2.42. The number of nitrogens with one attached hydrogen (secondary N) is 1. The second-order valence-corrected chi connectivity index (χ2v) is 14.0. The number of aliphatic hydroxyl groups is 1. The molecule has 1 aliphatic carbocycles. The highest BCUT2D eigenvalue weighted by molar-refractivity contribution is 6.31. The van der Waals surface area contributed by atoms with Gasteiger partial charge in [0, 0.05) is 35.6 Å². The molecule has 10 heteroatoms. The van der Waals surface area contributed by atoms with Crippen LogP contribution in [0.2, 0.25) is 10.0 Å². The summed E-state index contributed by atoms with van der Waals surface area (Å²) in [6, 6.07) is 9.21. The normalized spacial score (nSPS) is 29.4. The predicted molar refractivity (Wildman–Crippen MR) is 165 cm³/mol. The molecular formula is C34H40Cl2F2N2O4. The molecule has 1 saturated carbocycles. The van der Waals surface area contributed by atoms with E-state index in [1.807, 2.05) is 13.8 Å². The van der Waals surface area contributed by atoms with Crippen LogP contribution in [0.25, 0.3) is 0 Å². The van der Waals surface area contributed by atoms with Crippen molar-refractivity contribution >= 4 is 29.0 Å². The molecule has 5 rings (SSSR count). The molecule has 44 heavy (non-hydrogen) atoms. The zero-order chi connectivity index (χ0) is 31.7. The van der Waals surface area contributed by atoms with Crippen molar-refractivity contribution in [2.75, 3.05) is 13.2 Å². The standard InChI is InChI=1S/C34H40Cl2F2N2O4/c1-32(2)43-18-22(44-32)8-6-11-27(42)31-29(23-9-7-10-25(36)30(23)38)34(19-39,24-13-12-21(35)16-26(24)37)28(40-31)17-33(20-41)14-4-3-5-15-33/h7,9-10,12-13,16,22,28-29,31,40-41H,3-6,8,11,14-15,17-18,20H2,1-2H3/t22-,28-,29-,31-,34-/m0/s1. The molecule has 6 nitrogen and oxygen atoms in total. The molecule has 2 heterocycles. The van der Waals surface area contributed by atoms with Crippen LogP contribution in [-0.4, -0.2) is 48.1 Å². The molecule has 3 aliphatic rings. The van der Waals surface area contributed by atoms with Crippen molar-refractivity contribution in [2.24, 2.45) is 5.41 Å². The van der Waals surface area contributed by atoms with Crippen molar-refractivity contribution in [1.82, 2.24) is 5.32 Å². The molecule has 2 saturated heterocycles. The van der Waals surface area contributed by atoms with Gasteiger partial charge in [-0.15, -0.1) is 0 Å². The van der Waals surface area contributed by atoms with Crippen LogP contribution in [0.3, 0.4) is 0 Å². The third-order valence-corrected chi connectivity index (χ3v) is 10.4. The Labute approximate surface area is 268 Å². The number of halogens is 4. The van der Waals surface area contributed by atoms with E-state index in [1.54, 1.807) is 6.07 Å². The second kappa shape index (κ2) is 13.3. The van der Waals surface area contributed by atoms with Gasteiger partial charge in [0.25, 0.3) is 0 Å². The van der Waals surface area contributed by atoms with E-state index < -0.39 is 46.3 Å². The first-order valence-electron chi connectivity index (χ1n) is 15.5. The van der Waals surface area contributed by atoms with Crippen LogP contribution in [-0.2, 0) is 19.7 Å². The van der Waals surface area contributed by atoms with E-state index in [9.17, 15) is 15.2 Å². The lowest BCUT2D eigenvalue weighted by atomic mass is 9.60. The fourth-order valence-electron chi connectivity index (χ4n) is 7.72. The van der Waals surface area contributed by atoms with Crippen LogP contribution in [0, 0.1) is 28.4 Å². The number of carbonyl (C=O) groups excluding carboxylic acids is 1. The number of ether oxygens (including phenoxy) is 2. The summed E-state index contributed by atoms with van der Waals surface area (Å²) in [6.07, 6.45) is 5.72. The fourth-order valence-corrected chi connectivity index (χ4v) is 8.06. The van der Waals surface area contributed by atoms with Gasteiger partial charge in [-0.2, -0.15) is 5.26 Å². The third kappa shape index (κ3) is 6.42. The third-order valence-electron chi connectivity index (χ3n) is 9.88. The average Bonchev–Trinajstić information content (AvgIpc) is 3.51. The molecule has 0 radical (unpaired) electrons. The number of carbonyl (C=O) groups is 1. The van der Waals surface area contributed by atoms with E-state index in [1.165, 1.54) is 24.3 Å². The quantitative estimate of drug-likeness (QED) is 0.279. The van der Waals surface area contributed by atoms with Crippen molar-refractivity contribution < 1.29 is 28.2 Å². The molecule has 0 amide bonds. The molecule has 2 aromatic carbocycles. The van der Waals surface area contributed by atoms with Crippen molar-refractivity contribution in [3.05, 3.63) is 69.2 Å². The minimum atomic E-state index is -1.72. The monoisotopic (exact) mass is 648 g/mol. The minimum Gasteiger partial charge on any atom is -0.396 e. The van der Waals surface area contributed by atoms with Crippen LogP contribution < -0.4 is 5.32 Å². The number of benzene rings is 2. The van der Waals surface area contributed by atoms with E-state index in [4.69, 9.17) is 32.7 Å². The Hall–Kier alpha value is -2.12. The Kier molecular flexibility index (Phi) is 10.1. The van der Waals surface area contributed by atoms with Gasteiger partial charge in [-0.1, -0.05) is 60.7 Å². The zero-order valence-corrected chi connectivity index (χ0v) is 26.7. The van der Waals surface area contributed by atoms with Gasteiger partial charge >= 0.3 is 0 Å². The summed E-state index contributed by atoms with van der Waals surface area (Å²) in [5, 5.41) is 25.2. The van der Waals surface area contributed by atoms with E-state index in [-0.39, 0.29) is 46.1 Å². The molecule has 5 atom stereocenters. The second-order valence-electron chi connectivity index (χ2n) is 13.2. The number of nitriles is 1. The van der Waals surface area contributed by atoms with E-state index in [2.05, 4.69) is 11.4 Å². The summed E-state index contributed by atoms with van der Waals surface area (Å²) in [5.41, 5.74) is -2.14. The molecule has 0 unspecified atom stereocenters. The van der Waals surface area contributed by atoms with Gasteiger partial charge in [-0.05, 0) is 75.1 Å². The highest BCUT2D eigenvalue weighted by Crippen LogP contribution is 2.54. The lowest BCUT2D eigenvalue weighted by molar-refractivity contribution is -0.139. The van der Waals surface area contributed by atoms with Crippen molar-refractivity contribution in [2.45, 2.75) is 107 Å². The largest absolute Gasteiger partial charge is 0.396 e. The smallest absolute Gasteiger partial charge is 0.163 e. The lowest BCUT2D eigenvalue weighted by Crippen LogP contribution is -2.47. The molecule has 3 fully saturated rings. The Bertz CT molecular complexity index is 1410.